The normalized spacial score (nSPS) is 10.1. The standard InChI is InChI=1S/C13H8BrClN2O3/c14-9-7-8(5-6-10(9)15)13(18)16-11-3-1-2-4-12(11)17(19)20/h1-7H,(H,16,18). The van der Waals surface area contributed by atoms with E-state index < -0.39 is 10.8 Å². The maximum atomic E-state index is 12.1. The predicted molar refractivity (Wildman–Crippen MR) is 80.2 cm³/mol. The van der Waals surface area contributed by atoms with Crippen LogP contribution in [0, 0.1) is 10.1 Å². The first-order valence-corrected chi connectivity index (χ1v) is 6.66. The molecule has 0 atom stereocenters. The molecular formula is C13H8BrClN2O3. The van der Waals surface area contributed by atoms with E-state index in [1.54, 1.807) is 18.2 Å². The number of anilines is 1. The molecule has 0 aliphatic heterocycles. The number of carbonyl (C=O) groups excluding carboxylic acids is 1. The van der Waals surface area contributed by atoms with Gasteiger partial charge in [-0.3, -0.25) is 14.9 Å². The molecule has 1 amide bonds. The van der Waals surface area contributed by atoms with Gasteiger partial charge in [-0.1, -0.05) is 23.7 Å². The largest absolute Gasteiger partial charge is 0.316 e. The fourth-order valence-corrected chi connectivity index (χ4v) is 2.07. The molecular weight excluding hydrogens is 348 g/mol. The van der Waals surface area contributed by atoms with Crippen molar-refractivity contribution in [3.63, 3.8) is 0 Å². The van der Waals surface area contributed by atoms with Crippen molar-refractivity contribution in [2.75, 3.05) is 5.32 Å². The molecule has 0 unspecified atom stereocenters. The van der Waals surface area contributed by atoms with Gasteiger partial charge in [0.2, 0.25) is 0 Å². The van der Waals surface area contributed by atoms with Crippen molar-refractivity contribution in [2.45, 2.75) is 0 Å². The number of hydrogen-bond acceptors (Lipinski definition) is 3. The number of para-hydroxylation sites is 2. The fraction of sp³-hybridized carbons (Fsp3) is 0. The van der Waals surface area contributed by atoms with Crippen molar-refractivity contribution in [3.05, 3.63) is 67.6 Å². The molecule has 0 fully saturated rings. The van der Waals surface area contributed by atoms with Crippen LogP contribution in [0.3, 0.4) is 0 Å². The van der Waals surface area contributed by atoms with Gasteiger partial charge in [0.05, 0.1) is 9.95 Å². The third kappa shape index (κ3) is 3.15. The van der Waals surface area contributed by atoms with E-state index in [0.717, 1.165) is 0 Å². The molecule has 20 heavy (non-hydrogen) atoms. The van der Waals surface area contributed by atoms with Crippen LogP contribution in [-0.4, -0.2) is 10.8 Å². The molecule has 0 radical (unpaired) electrons. The Bertz CT molecular complexity index is 691. The van der Waals surface area contributed by atoms with Crippen molar-refractivity contribution in [2.24, 2.45) is 0 Å². The van der Waals surface area contributed by atoms with Crippen LogP contribution in [0.15, 0.2) is 46.9 Å². The molecule has 0 aliphatic rings. The Hall–Kier alpha value is -1.92. The second-order valence-electron chi connectivity index (χ2n) is 3.86. The number of hydrogen-bond donors (Lipinski definition) is 1. The lowest BCUT2D eigenvalue weighted by atomic mass is 10.2. The molecule has 2 aromatic rings. The number of amides is 1. The first-order valence-electron chi connectivity index (χ1n) is 5.49. The summed E-state index contributed by atoms with van der Waals surface area (Å²) in [5.74, 6) is -0.448. The predicted octanol–water partition coefficient (Wildman–Crippen LogP) is 4.26. The first kappa shape index (κ1) is 14.5. The van der Waals surface area contributed by atoms with Gasteiger partial charge in [-0.25, -0.2) is 0 Å². The number of nitrogens with one attached hydrogen (secondary N) is 1. The molecule has 0 heterocycles. The van der Waals surface area contributed by atoms with Crippen molar-refractivity contribution in [1.82, 2.24) is 0 Å². The molecule has 1 N–H and O–H groups in total. The van der Waals surface area contributed by atoms with Crippen molar-refractivity contribution in [3.8, 4) is 0 Å². The van der Waals surface area contributed by atoms with Crippen LogP contribution in [0.4, 0.5) is 11.4 Å². The molecule has 2 rings (SSSR count). The van der Waals surface area contributed by atoms with E-state index in [-0.39, 0.29) is 11.4 Å². The second kappa shape index (κ2) is 6.02. The van der Waals surface area contributed by atoms with Gasteiger partial charge in [0.25, 0.3) is 11.6 Å². The van der Waals surface area contributed by atoms with Crippen molar-refractivity contribution in [1.29, 1.82) is 0 Å². The van der Waals surface area contributed by atoms with E-state index in [1.165, 1.54) is 24.3 Å². The maximum absolute atomic E-state index is 12.1. The van der Waals surface area contributed by atoms with Gasteiger partial charge in [-0.15, -0.1) is 0 Å². The second-order valence-corrected chi connectivity index (χ2v) is 5.12. The highest BCUT2D eigenvalue weighted by molar-refractivity contribution is 9.10. The first-order chi connectivity index (χ1) is 9.49. The molecule has 0 bridgehead atoms. The Morgan fingerprint density at radius 2 is 1.95 bits per heavy atom. The van der Waals surface area contributed by atoms with Crippen LogP contribution in [0.2, 0.25) is 5.02 Å². The summed E-state index contributed by atoms with van der Waals surface area (Å²) >= 11 is 9.06. The fourth-order valence-electron chi connectivity index (χ4n) is 1.57. The van der Waals surface area contributed by atoms with E-state index in [1.807, 2.05) is 0 Å². The summed E-state index contributed by atoms with van der Waals surface area (Å²) in [7, 11) is 0. The number of rotatable bonds is 3. The summed E-state index contributed by atoms with van der Waals surface area (Å²) in [5, 5.41) is 13.9. The summed E-state index contributed by atoms with van der Waals surface area (Å²) in [5.41, 5.74) is 0.335. The van der Waals surface area contributed by atoms with Gasteiger partial charge in [0.15, 0.2) is 0 Å². The van der Waals surface area contributed by atoms with E-state index in [9.17, 15) is 14.9 Å². The molecule has 0 aliphatic carbocycles. The Labute approximate surface area is 127 Å². The van der Waals surface area contributed by atoms with Crippen LogP contribution in [0.5, 0.6) is 0 Å². The zero-order chi connectivity index (χ0) is 14.7. The lowest BCUT2D eigenvalue weighted by Gasteiger charge is -2.06. The summed E-state index contributed by atoms with van der Waals surface area (Å²) in [6, 6.07) is 10.6. The van der Waals surface area contributed by atoms with Gasteiger partial charge in [-0.05, 0) is 40.2 Å². The number of halogens is 2. The molecule has 2 aromatic carbocycles. The quantitative estimate of drug-likeness (QED) is 0.660. The average Bonchev–Trinajstić information content (AvgIpc) is 2.42. The Kier molecular flexibility index (Phi) is 4.36. The van der Waals surface area contributed by atoms with Crippen LogP contribution in [-0.2, 0) is 0 Å². The Balaban J connectivity index is 2.28. The smallest absolute Gasteiger partial charge is 0.292 e. The lowest BCUT2D eigenvalue weighted by Crippen LogP contribution is -2.13. The van der Waals surface area contributed by atoms with Crippen LogP contribution < -0.4 is 5.32 Å². The van der Waals surface area contributed by atoms with E-state index in [4.69, 9.17) is 11.6 Å². The van der Waals surface area contributed by atoms with Crippen LogP contribution in [0.25, 0.3) is 0 Å². The molecule has 0 spiro atoms. The summed E-state index contributed by atoms with van der Waals surface area (Å²) in [6.07, 6.45) is 0. The zero-order valence-corrected chi connectivity index (χ0v) is 12.3. The SMILES string of the molecule is O=C(Nc1ccccc1[N+](=O)[O-])c1ccc(Cl)c(Br)c1. The van der Waals surface area contributed by atoms with Gasteiger partial charge in [0.1, 0.15) is 5.69 Å². The number of carbonyl (C=O) groups is 1. The van der Waals surface area contributed by atoms with Gasteiger partial charge < -0.3 is 5.32 Å². The van der Waals surface area contributed by atoms with E-state index >= 15 is 0 Å². The number of nitrogens with zero attached hydrogens (tertiary/aromatic N) is 1. The number of nitro benzene ring substituents is 1. The molecule has 7 heteroatoms. The van der Waals surface area contributed by atoms with Gasteiger partial charge in [0, 0.05) is 16.1 Å². The molecule has 102 valence electrons. The van der Waals surface area contributed by atoms with Crippen LogP contribution in [0.1, 0.15) is 10.4 Å². The molecule has 0 saturated carbocycles. The Morgan fingerprint density at radius 1 is 1.25 bits per heavy atom. The maximum Gasteiger partial charge on any atom is 0.292 e. The number of nitro groups is 1. The summed E-state index contributed by atoms with van der Waals surface area (Å²) < 4.78 is 0.578. The summed E-state index contributed by atoms with van der Waals surface area (Å²) in [6.45, 7) is 0. The average molecular weight is 356 g/mol. The topological polar surface area (TPSA) is 72.2 Å². The highest BCUT2D eigenvalue weighted by Gasteiger charge is 2.16. The molecule has 5 nitrogen and oxygen atoms in total. The number of benzene rings is 2. The lowest BCUT2D eigenvalue weighted by molar-refractivity contribution is -0.383. The van der Waals surface area contributed by atoms with Crippen LogP contribution >= 0.6 is 27.5 Å². The van der Waals surface area contributed by atoms with Gasteiger partial charge >= 0.3 is 0 Å². The monoisotopic (exact) mass is 354 g/mol. The zero-order valence-electron chi connectivity index (χ0n) is 9.97. The Morgan fingerprint density at radius 3 is 2.60 bits per heavy atom. The van der Waals surface area contributed by atoms with Crippen molar-refractivity contribution >= 4 is 44.8 Å². The minimum absolute atomic E-state index is 0.147. The van der Waals surface area contributed by atoms with E-state index in [0.29, 0.717) is 15.1 Å². The minimum atomic E-state index is -0.548. The third-order valence-electron chi connectivity index (χ3n) is 2.53. The molecule has 0 aromatic heterocycles. The van der Waals surface area contributed by atoms with Crippen molar-refractivity contribution < 1.29 is 9.72 Å². The highest BCUT2D eigenvalue weighted by Crippen LogP contribution is 2.26. The third-order valence-corrected chi connectivity index (χ3v) is 3.74. The minimum Gasteiger partial charge on any atom is -0.316 e. The van der Waals surface area contributed by atoms with Gasteiger partial charge in [-0.2, -0.15) is 0 Å². The highest BCUT2D eigenvalue weighted by atomic mass is 79.9. The summed E-state index contributed by atoms with van der Waals surface area (Å²) in [4.78, 5) is 22.4. The molecule has 0 saturated heterocycles. The van der Waals surface area contributed by atoms with E-state index in [2.05, 4.69) is 21.2 Å².